The average Bonchev–Trinajstić information content (AvgIpc) is 3.68. The van der Waals surface area contributed by atoms with Gasteiger partial charge in [0.15, 0.2) is 0 Å². The molecule has 1 aromatic carbocycles. The first-order valence-corrected chi connectivity index (χ1v) is 16.2. The molecular weight excluding hydrogens is 506 g/mol. The van der Waals surface area contributed by atoms with Crippen molar-refractivity contribution in [1.82, 2.24) is 0 Å². The second-order valence-corrected chi connectivity index (χ2v) is 15.8. The molecule has 4 bridgehead atoms. The van der Waals surface area contributed by atoms with Crippen LogP contribution in [-0.4, -0.2) is 36.6 Å². The molecule has 0 radical (unpaired) electrons. The van der Waals surface area contributed by atoms with Gasteiger partial charge in [0.25, 0.3) is 0 Å². The standard InChI is InChI=1S/C35H48B2O4/c1-21-23-11-10-22(18-23)19-26(36-38-32(2,3)33(4,5)39-36)14-15-27(21)28-16-17-29(31-25-13-12-24(20-25)30(28)31)37-40-34(6,7)35(8,9)41-37/h14-17,22-25H,1,10-13,18-20H2,2-9H3/b26-14+,27-15+. The second kappa shape index (κ2) is 9.21. The summed E-state index contributed by atoms with van der Waals surface area (Å²) in [4.78, 5) is 0. The van der Waals surface area contributed by atoms with Crippen molar-refractivity contribution in [2.45, 2.75) is 135 Å². The Labute approximate surface area is 248 Å². The predicted octanol–water partition coefficient (Wildman–Crippen LogP) is 7.67. The Morgan fingerprint density at radius 3 is 1.85 bits per heavy atom. The zero-order chi connectivity index (χ0) is 29.1. The van der Waals surface area contributed by atoms with E-state index in [-0.39, 0.29) is 36.6 Å². The fourth-order valence-electron chi connectivity index (χ4n) is 8.39. The van der Waals surface area contributed by atoms with Crippen molar-refractivity contribution in [2.24, 2.45) is 11.8 Å². The van der Waals surface area contributed by atoms with Crippen LogP contribution in [0.4, 0.5) is 0 Å². The van der Waals surface area contributed by atoms with E-state index in [0.29, 0.717) is 23.7 Å². The third-order valence-corrected chi connectivity index (χ3v) is 12.3. The summed E-state index contributed by atoms with van der Waals surface area (Å²) in [6.45, 7) is 22.0. The minimum atomic E-state index is -0.344. The number of fused-ring (bicyclic) bond motifs is 7. The molecule has 6 heteroatoms. The first-order chi connectivity index (χ1) is 19.2. The molecule has 0 amide bonds. The maximum absolute atomic E-state index is 6.60. The van der Waals surface area contributed by atoms with Gasteiger partial charge < -0.3 is 18.6 Å². The molecule has 4 atom stereocenters. The van der Waals surface area contributed by atoms with E-state index in [1.807, 2.05) is 0 Å². The third-order valence-electron chi connectivity index (χ3n) is 12.3. The van der Waals surface area contributed by atoms with Crippen LogP contribution < -0.4 is 5.46 Å². The molecule has 2 heterocycles. The highest BCUT2D eigenvalue weighted by Crippen LogP contribution is 2.56. The molecule has 4 nitrogen and oxygen atoms in total. The van der Waals surface area contributed by atoms with E-state index in [1.165, 1.54) is 71.7 Å². The molecule has 0 N–H and O–H groups in total. The van der Waals surface area contributed by atoms with Gasteiger partial charge in [-0.05, 0) is 163 Å². The zero-order valence-electron chi connectivity index (χ0n) is 26.6. The number of hydrogen-bond acceptors (Lipinski definition) is 4. The van der Waals surface area contributed by atoms with Crippen LogP contribution in [0.25, 0.3) is 5.57 Å². The second-order valence-electron chi connectivity index (χ2n) is 15.8. The molecular formula is C35H48B2O4. The van der Waals surface area contributed by atoms with Crippen molar-refractivity contribution in [3.63, 3.8) is 0 Å². The summed E-state index contributed by atoms with van der Waals surface area (Å²) in [5.74, 6) is 2.40. The Hall–Kier alpha value is -1.59. The number of allylic oxidation sites excluding steroid dienone is 5. The number of benzene rings is 1. The van der Waals surface area contributed by atoms with E-state index in [0.717, 1.165) is 6.42 Å². The zero-order valence-corrected chi connectivity index (χ0v) is 26.6. The molecule has 7 rings (SSSR count). The topological polar surface area (TPSA) is 36.9 Å². The summed E-state index contributed by atoms with van der Waals surface area (Å²) < 4.78 is 26.3. The molecule has 41 heavy (non-hydrogen) atoms. The van der Waals surface area contributed by atoms with Crippen molar-refractivity contribution in [3.05, 3.63) is 58.6 Å². The molecule has 218 valence electrons. The van der Waals surface area contributed by atoms with Gasteiger partial charge in [-0.2, -0.15) is 0 Å². The van der Waals surface area contributed by atoms with Crippen molar-refractivity contribution in [2.75, 3.05) is 0 Å². The maximum Gasteiger partial charge on any atom is 0.495 e. The van der Waals surface area contributed by atoms with E-state index in [2.05, 4.69) is 79.7 Å². The van der Waals surface area contributed by atoms with E-state index < -0.39 is 0 Å². The molecule has 4 unspecified atom stereocenters. The first kappa shape index (κ1) is 28.2. The van der Waals surface area contributed by atoms with Gasteiger partial charge >= 0.3 is 14.2 Å². The summed E-state index contributed by atoms with van der Waals surface area (Å²) in [7, 11) is -0.610. The fourth-order valence-corrected chi connectivity index (χ4v) is 8.39. The van der Waals surface area contributed by atoms with Crippen LogP contribution in [0.2, 0.25) is 0 Å². The first-order valence-electron chi connectivity index (χ1n) is 16.2. The molecule has 4 fully saturated rings. The lowest BCUT2D eigenvalue weighted by Gasteiger charge is -2.32. The number of rotatable bonds is 3. The summed E-state index contributed by atoms with van der Waals surface area (Å²) in [5.41, 5.74) is 8.21. The Kier molecular flexibility index (Phi) is 6.33. The van der Waals surface area contributed by atoms with Crippen LogP contribution in [0.3, 0.4) is 0 Å². The molecule has 4 aliphatic carbocycles. The van der Waals surface area contributed by atoms with Gasteiger partial charge in [0.1, 0.15) is 0 Å². The Morgan fingerprint density at radius 1 is 0.659 bits per heavy atom. The minimum absolute atomic E-state index is 0.296. The van der Waals surface area contributed by atoms with Crippen molar-refractivity contribution in [3.8, 4) is 0 Å². The molecule has 0 aromatic heterocycles. The van der Waals surface area contributed by atoms with Crippen LogP contribution in [-0.2, 0) is 18.6 Å². The SMILES string of the molecule is C=C1/C(c2ccc(B3OC(C)(C)C(C)(C)O3)c3c2C2CCC3C2)=C\C=C(\B2OC(C)(C)C(C)(C)O2)CC2CCC1C2. The molecule has 0 spiro atoms. The molecule has 2 saturated carbocycles. The lowest BCUT2D eigenvalue weighted by atomic mass is 9.69. The van der Waals surface area contributed by atoms with Crippen LogP contribution >= 0.6 is 0 Å². The summed E-state index contributed by atoms with van der Waals surface area (Å²) >= 11 is 0. The smallest absolute Gasteiger partial charge is 0.400 e. The van der Waals surface area contributed by atoms with E-state index in [4.69, 9.17) is 25.2 Å². The van der Waals surface area contributed by atoms with Crippen molar-refractivity contribution in [1.29, 1.82) is 0 Å². The Morgan fingerprint density at radius 2 is 1.22 bits per heavy atom. The van der Waals surface area contributed by atoms with Crippen LogP contribution in [0, 0.1) is 11.8 Å². The fraction of sp³-hybridized carbons (Fsp3) is 0.657. The number of hydrogen-bond donors (Lipinski definition) is 0. The lowest BCUT2D eigenvalue weighted by Crippen LogP contribution is -2.41. The van der Waals surface area contributed by atoms with Gasteiger partial charge in [-0.3, -0.25) is 0 Å². The predicted molar refractivity (Wildman–Crippen MR) is 168 cm³/mol. The Balaban J connectivity index is 1.32. The monoisotopic (exact) mass is 554 g/mol. The van der Waals surface area contributed by atoms with Gasteiger partial charge in [0.05, 0.1) is 22.4 Å². The highest BCUT2D eigenvalue weighted by atomic mass is 16.7. The molecule has 6 aliphatic rings. The lowest BCUT2D eigenvalue weighted by molar-refractivity contribution is 0.00578. The molecule has 2 aliphatic heterocycles. The average molecular weight is 554 g/mol. The third kappa shape index (κ3) is 4.33. The van der Waals surface area contributed by atoms with E-state index in [1.54, 1.807) is 5.56 Å². The van der Waals surface area contributed by atoms with Gasteiger partial charge in [0, 0.05) is 0 Å². The van der Waals surface area contributed by atoms with Crippen LogP contribution in [0.15, 0.2) is 41.9 Å². The van der Waals surface area contributed by atoms with Crippen LogP contribution in [0.5, 0.6) is 0 Å². The van der Waals surface area contributed by atoms with Gasteiger partial charge in [-0.15, -0.1) is 0 Å². The largest absolute Gasteiger partial charge is 0.495 e. The van der Waals surface area contributed by atoms with Gasteiger partial charge in [-0.1, -0.05) is 30.9 Å². The van der Waals surface area contributed by atoms with E-state index in [9.17, 15) is 0 Å². The summed E-state index contributed by atoms with van der Waals surface area (Å²) in [6, 6.07) is 4.68. The highest BCUT2D eigenvalue weighted by Gasteiger charge is 2.55. The summed E-state index contributed by atoms with van der Waals surface area (Å²) in [5, 5.41) is 0. The maximum atomic E-state index is 6.60. The quantitative estimate of drug-likeness (QED) is 0.360. The summed E-state index contributed by atoms with van der Waals surface area (Å²) in [6.07, 6.45) is 13.2. The molecule has 2 saturated heterocycles. The van der Waals surface area contributed by atoms with Gasteiger partial charge in [-0.25, -0.2) is 0 Å². The molecule has 1 aromatic rings. The Bertz CT molecular complexity index is 1320. The van der Waals surface area contributed by atoms with E-state index >= 15 is 0 Å². The van der Waals surface area contributed by atoms with Crippen molar-refractivity contribution < 1.29 is 18.6 Å². The normalized spacial score (nSPS) is 36.8. The van der Waals surface area contributed by atoms with Crippen LogP contribution in [0.1, 0.15) is 129 Å². The highest BCUT2D eigenvalue weighted by molar-refractivity contribution is 6.62. The van der Waals surface area contributed by atoms with Crippen molar-refractivity contribution >= 4 is 25.3 Å². The van der Waals surface area contributed by atoms with Gasteiger partial charge in [0.2, 0.25) is 0 Å². The minimum Gasteiger partial charge on any atom is -0.400 e.